The van der Waals surface area contributed by atoms with Gasteiger partial charge in [-0.3, -0.25) is 9.59 Å². The molecule has 0 radical (unpaired) electrons. The molecule has 1 fully saturated rings. The molecule has 0 unspecified atom stereocenters. The number of piperidine rings is 1. The van der Waals surface area contributed by atoms with Crippen LogP contribution in [0.2, 0.25) is 0 Å². The van der Waals surface area contributed by atoms with Gasteiger partial charge in [0.25, 0.3) is 0 Å². The van der Waals surface area contributed by atoms with Crippen molar-refractivity contribution in [2.45, 2.75) is 88.0 Å². The molecular weight excluding hydrogens is 594 g/mol. The van der Waals surface area contributed by atoms with Gasteiger partial charge in [-0.2, -0.15) is 0 Å². The maximum Gasteiger partial charge on any atom is 0.352 e. The van der Waals surface area contributed by atoms with E-state index in [1.165, 1.54) is 20.8 Å². The van der Waals surface area contributed by atoms with Gasteiger partial charge in [-0.15, -0.1) is 0 Å². The molecule has 0 aromatic heterocycles. The summed E-state index contributed by atoms with van der Waals surface area (Å²) < 4.78 is 17.7. The minimum Gasteiger partial charge on any atom is -0.481 e. The number of carbonyl (C=O) groups is 4. The largest absolute Gasteiger partial charge is 0.481 e. The standard InChI is InChI=1S/C34H39N3O9/c1-18(35-30(40)27(36-20(3)39)21-8-6-5-7-9-21)31(41)44-19(2)32(42)45-24-12-13-34(43)25-16-22-10-11-23(17-38)28-26(22)33(34,29(24)46-28)14-15-37(25)4/h5-12,18-19,25,27,29,38,43H,13-17H2,1-4H3,(H,35,40)(H,36,39)/t18-,19-,25+,27-,29-,33-,34+/m0/s1. The summed E-state index contributed by atoms with van der Waals surface area (Å²) in [5, 5.41) is 27.5. The number of hydrogen-bond acceptors (Lipinski definition) is 10. The van der Waals surface area contributed by atoms with Gasteiger partial charge >= 0.3 is 11.9 Å². The predicted molar refractivity (Wildman–Crippen MR) is 163 cm³/mol. The van der Waals surface area contributed by atoms with E-state index in [1.54, 1.807) is 36.4 Å². The highest BCUT2D eigenvalue weighted by Gasteiger charge is 2.72. The van der Waals surface area contributed by atoms with Crippen LogP contribution in [0.3, 0.4) is 0 Å². The molecule has 0 saturated carbocycles. The lowest BCUT2D eigenvalue weighted by molar-refractivity contribution is -0.176. The molecule has 2 bridgehead atoms. The van der Waals surface area contributed by atoms with Crippen LogP contribution in [0.25, 0.3) is 0 Å². The fraction of sp³-hybridized carbons (Fsp3) is 0.471. The molecule has 244 valence electrons. The average Bonchev–Trinajstić information content (AvgIpc) is 3.39. The van der Waals surface area contributed by atoms with Crippen LogP contribution in [0, 0.1) is 0 Å². The van der Waals surface area contributed by atoms with Crippen LogP contribution in [-0.2, 0) is 47.1 Å². The van der Waals surface area contributed by atoms with Crippen LogP contribution < -0.4 is 15.4 Å². The second-order valence-electron chi connectivity index (χ2n) is 12.7. The number of likely N-dealkylation sites (tertiary alicyclic amines) is 1. The highest BCUT2D eigenvalue weighted by molar-refractivity contribution is 5.91. The SMILES string of the molecule is CC(=O)N[C@H](C(=O)N[C@@H](C)C(=O)O[C@@H](C)C(=O)OC1=CC[C@@]2(O)[C@H]3Cc4ccc(CO)c5c4[C@@]2(CCN3C)[C@H]1O5)c1ccccc1. The minimum atomic E-state index is -1.34. The Kier molecular flexibility index (Phi) is 8.16. The molecule has 2 amide bonds. The number of likely N-dealkylation sites (N-methyl/N-ethyl adjacent to an activating group) is 1. The number of hydrogen-bond donors (Lipinski definition) is 4. The maximum atomic E-state index is 13.3. The van der Waals surface area contributed by atoms with E-state index in [2.05, 4.69) is 15.5 Å². The monoisotopic (exact) mass is 633 g/mol. The second kappa shape index (κ2) is 11.8. The molecule has 1 saturated heterocycles. The summed E-state index contributed by atoms with van der Waals surface area (Å²) in [4.78, 5) is 53.2. The van der Waals surface area contributed by atoms with E-state index in [9.17, 15) is 29.4 Å². The topological polar surface area (TPSA) is 164 Å². The lowest BCUT2D eigenvalue weighted by atomic mass is 9.50. The number of carbonyl (C=O) groups excluding carboxylic acids is 4. The van der Waals surface area contributed by atoms with Gasteiger partial charge < -0.3 is 40.0 Å². The van der Waals surface area contributed by atoms with E-state index in [0.717, 1.165) is 11.1 Å². The molecule has 2 aromatic carbocycles. The molecule has 2 aromatic rings. The Balaban J connectivity index is 1.16. The Hall–Kier alpha value is -4.26. The summed E-state index contributed by atoms with van der Waals surface area (Å²) in [7, 11) is 1.99. The number of nitrogens with zero attached hydrogens (tertiary/aromatic N) is 1. The highest BCUT2D eigenvalue weighted by Crippen LogP contribution is 2.64. The number of nitrogens with one attached hydrogen (secondary N) is 2. The molecule has 2 aliphatic carbocycles. The minimum absolute atomic E-state index is 0.178. The van der Waals surface area contributed by atoms with Crippen LogP contribution >= 0.6 is 0 Å². The smallest absolute Gasteiger partial charge is 0.352 e. The lowest BCUT2D eigenvalue weighted by Gasteiger charge is -2.61. The van der Waals surface area contributed by atoms with Crippen molar-refractivity contribution in [1.82, 2.24) is 15.5 Å². The Morgan fingerprint density at radius 3 is 2.52 bits per heavy atom. The van der Waals surface area contributed by atoms with Crippen molar-refractivity contribution < 1.29 is 43.6 Å². The molecule has 4 aliphatic rings. The first-order valence-corrected chi connectivity index (χ1v) is 15.5. The lowest BCUT2D eigenvalue weighted by Crippen LogP contribution is -2.74. The zero-order valence-corrected chi connectivity index (χ0v) is 26.2. The van der Waals surface area contributed by atoms with Crippen LogP contribution in [-0.4, -0.2) is 82.4 Å². The number of benzene rings is 2. The molecule has 12 nitrogen and oxygen atoms in total. The zero-order valence-electron chi connectivity index (χ0n) is 26.2. The Bertz CT molecular complexity index is 1610. The van der Waals surface area contributed by atoms with Crippen molar-refractivity contribution in [3.05, 3.63) is 76.6 Å². The summed E-state index contributed by atoms with van der Waals surface area (Å²) >= 11 is 0. The zero-order chi connectivity index (χ0) is 33.0. The van der Waals surface area contributed by atoms with Crippen molar-refractivity contribution in [1.29, 1.82) is 0 Å². The molecule has 4 N–H and O–H groups in total. The van der Waals surface area contributed by atoms with E-state index in [1.807, 2.05) is 19.2 Å². The van der Waals surface area contributed by atoms with Crippen LogP contribution in [0.15, 0.2) is 54.3 Å². The van der Waals surface area contributed by atoms with E-state index >= 15 is 0 Å². The van der Waals surface area contributed by atoms with Crippen molar-refractivity contribution in [3.8, 4) is 5.75 Å². The van der Waals surface area contributed by atoms with Gasteiger partial charge in [-0.05, 0) is 57.5 Å². The number of esters is 2. The van der Waals surface area contributed by atoms with Crippen molar-refractivity contribution in [3.63, 3.8) is 0 Å². The molecule has 2 heterocycles. The third-order valence-corrected chi connectivity index (χ3v) is 9.92. The maximum absolute atomic E-state index is 13.3. The van der Waals surface area contributed by atoms with Gasteiger partial charge in [-0.1, -0.05) is 42.5 Å². The normalized spacial score (nSPS) is 27.6. The number of amides is 2. The van der Waals surface area contributed by atoms with Crippen molar-refractivity contribution in [2.75, 3.05) is 13.6 Å². The molecule has 6 rings (SSSR count). The third-order valence-electron chi connectivity index (χ3n) is 9.92. The van der Waals surface area contributed by atoms with Crippen molar-refractivity contribution in [2.24, 2.45) is 0 Å². The summed E-state index contributed by atoms with van der Waals surface area (Å²) in [5.41, 5.74) is 0.963. The third kappa shape index (κ3) is 4.95. The summed E-state index contributed by atoms with van der Waals surface area (Å²) in [6.07, 6.45) is 0.912. The van der Waals surface area contributed by atoms with E-state index < -0.39 is 59.1 Å². The molecule has 7 atom stereocenters. The quantitative estimate of drug-likeness (QED) is 0.296. The Morgan fingerprint density at radius 2 is 1.83 bits per heavy atom. The molecule has 1 spiro atoms. The van der Waals surface area contributed by atoms with Gasteiger partial charge in [0.15, 0.2) is 12.2 Å². The van der Waals surface area contributed by atoms with Gasteiger partial charge in [0.2, 0.25) is 11.8 Å². The Labute approximate surface area is 266 Å². The van der Waals surface area contributed by atoms with Gasteiger partial charge in [0, 0.05) is 30.5 Å². The predicted octanol–water partition coefficient (Wildman–Crippen LogP) is 1.31. The van der Waals surface area contributed by atoms with Gasteiger partial charge in [0.1, 0.15) is 23.6 Å². The second-order valence-corrected chi connectivity index (χ2v) is 12.7. The number of aliphatic hydroxyl groups is 2. The number of aliphatic hydroxyl groups excluding tert-OH is 1. The summed E-state index contributed by atoms with van der Waals surface area (Å²) in [6, 6.07) is 10.0. The van der Waals surface area contributed by atoms with Crippen LogP contribution in [0.1, 0.15) is 61.9 Å². The van der Waals surface area contributed by atoms with Crippen LogP contribution in [0.4, 0.5) is 0 Å². The summed E-state index contributed by atoms with van der Waals surface area (Å²) in [5.74, 6) is -2.02. The first kappa shape index (κ1) is 31.7. The van der Waals surface area contributed by atoms with E-state index in [0.29, 0.717) is 36.3 Å². The van der Waals surface area contributed by atoms with E-state index in [4.69, 9.17) is 14.2 Å². The van der Waals surface area contributed by atoms with Crippen molar-refractivity contribution >= 4 is 23.8 Å². The van der Waals surface area contributed by atoms with Gasteiger partial charge in [-0.25, -0.2) is 9.59 Å². The van der Waals surface area contributed by atoms with Crippen LogP contribution in [0.5, 0.6) is 5.75 Å². The first-order valence-electron chi connectivity index (χ1n) is 15.5. The average molecular weight is 634 g/mol. The molecule has 2 aliphatic heterocycles. The molecular formula is C34H39N3O9. The highest BCUT2D eigenvalue weighted by atomic mass is 16.6. The molecule has 46 heavy (non-hydrogen) atoms. The van der Waals surface area contributed by atoms with Gasteiger partial charge in [0.05, 0.1) is 17.6 Å². The fourth-order valence-corrected chi connectivity index (χ4v) is 7.66. The Morgan fingerprint density at radius 1 is 1.09 bits per heavy atom. The summed E-state index contributed by atoms with van der Waals surface area (Å²) in [6.45, 7) is 4.52. The molecule has 12 heteroatoms. The first-order chi connectivity index (χ1) is 21.9. The fourth-order valence-electron chi connectivity index (χ4n) is 7.66. The number of rotatable bonds is 9. The van der Waals surface area contributed by atoms with E-state index in [-0.39, 0.29) is 24.8 Å². The number of ether oxygens (including phenoxy) is 3.